The van der Waals surface area contributed by atoms with Crippen LogP contribution in [0.3, 0.4) is 0 Å². The van der Waals surface area contributed by atoms with E-state index >= 15 is 0 Å². The van der Waals surface area contributed by atoms with Gasteiger partial charge in [0.15, 0.2) is 0 Å². The number of hydrogen-bond acceptors (Lipinski definition) is 2. The first-order valence-corrected chi connectivity index (χ1v) is 5.09. The Hall–Kier alpha value is -1.77. The van der Waals surface area contributed by atoms with E-state index in [0.29, 0.717) is 25.8 Å². The van der Waals surface area contributed by atoms with Gasteiger partial charge in [-0.05, 0) is 18.9 Å². The lowest BCUT2D eigenvalue weighted by Crippen LogP contribution is -2.22. The van der Waals surface area contributed by atoms with Crippen molar-refractivity contribution in [2.75, 3.05) is 0 Å². The van der Waals surface area contributed by atoms with E-state index in [0.717, 1.165) is 6.07 Å². The summed E-state index contributed by atoms with van der Waals surface area (Å²) in [6.07, 6.45) is -0.394. The minimum Gasteiger partial charge on any atom is -0.354 e. The maximum absolute atomic E-state index is 12.1. The van der Waals surface area contributed by atoms with Crippen molar-refractivity contribution in [1.82, 2.24) is 4.57 Å². The highest BCUT2D eigenvalue weighted by Crippen LogP contribution is 2.21. The van der Waals surface area contributed by atoms with Crippen molar-refractivity contribution in [3.8, 4) is 6.07 Å². The van der Waals surface area contributed by atoms with Crippen molar-refractivity contribution >= 4 is 5.78 Å². The van der Waals surface area contributed by atoms with Crippen LogP contribution in [0.1, 0.15) is 29.6 Å². The molecule has 0 atom stereocenters. The number of hydrogen-bond donors (Lipinski definition) is 0. The molecule has 0 saturated carbocycles. The first kappa shape index (κ1) is 13.3. The lowest BCUT2D eigenvalue weighted by atomic mass is 10.2. The summed E-state index contributed by atoms with van der Waals surface area (Å²) >= 11 is 0. The highest BCUT2D eigenvalue weighted by Gasteiger charge is 2.39. The van der Waals surface area contributed by atoms with Crippen molar-refractivity contribution < 1.29 is 18.0 Å². The number of alkyl halides is 3. The Balaban J connectivity index is 2.54. The predicted molar refractivity (Wildman–Crippen MR) is 54.3 cm³/mol. The maximum atomic E-state index is 12.1. The van der Waals surface area contributed by atoms with Gasteiger partial charge >= 0.3 is 6.18 Å². The fourth-order valence-electron chi connectivity index (χ4n) is 1.38. The van der Waals surface area contributed by atoms with Gasteiger partial charge in [0, 0.05) is 30.9 Å². The van der Waals surface area contributed by atoms with E-state index in [2.05, 4.69) is 0 Å². The fraction of sp³-hybridized carbons (Fsp3) is 0.455. The van der Waals surface area contributed by atoms with Crippen LogP contribution in [0.4, 0.5) is 13.2 Å². The second kappa shape index (κ2) is 5.53. The molecule has 0 spiro atoms. The van der Waals surface area contributed by atoms with Crippen molar-refractivity contribution in [3.63, 3.8) is 0 Å². The number of carbonyl (C=O) groups excluding carboxylic acids is 1. The van der Waals surface area contributed by atoms with Crippen LogP contribution in [0.5, 0.6) is 0 Å². The van der Waals surface area contributed by atoms with Gasteiger partial charge in [0.25, 0.3) is 5.78 Å². The van der Waals surface area contributed by atoms with E-state index in [1.807, 2.05) is 6.07 Å². The van der Waals surface area contributed by atoms with Crippen LogP contribution >= 0.6 is 0 Å². The van der Waals surface area contributed by atoms with Gasteiger partial charge in [0.2, 0.25) is 0 Å². The number of ketones is 1. The number of unbranched alkanes of at least 4 members (excludes halogenated alkanes) is 2. The molecule has 0 saturated heterocycles. The number of nitriles is 1. The molecular weight excluding hydrogens is 233 g/mol. The Morgan fingerprint density at radius 2 is 2.12 bits per heavy atom. The molecule has 3 nitrogen and oxygen atoms in total. The molecule has 92 valence electrons. The summed E-state index contributed by atoms with van der Waals surface area (Å²) < 4.78 is 37.8. The third-order valence-corrected chi connectivity index (χ3v) is 2.23. The van der Waals surface area contributed by atoms with Crippen LogP contribution in [-0.4, -0.2) is 16.5 Å². The molecule has 0 fully saturated rings. The molecule has 0 unspecified atom stereocenters. The molecule has 1 aromatic heterocycles. The lowest BCUT2D eigenvalue weighted by molar-refractivity contribution is -0.0885. The standard InChI is InChI=1S/C11H11F3N2O/c12-11(13,14)10(17)9-4-7-16(8-9)6-3-1-2-5-15/h4,7-8H,1-3,6H2. The molecule has 1 rings (SSSR count). The molecule has 17 heavy (non-hydrogen) atoms. The lowest BCUT2D eigenvalue weighted by Gasteiger charge is -2.03. The predicted octanol–water partition coefficient (Wildman–Crippen LogP) is 2.93. The largest absolute Gasteiger partial charge is 0.454 e. The van der Waals surface area contributed by atoms with Gasteiger partial charge in [-0.2, -0.15) is 18.4 Å². The van der Waals surface area contributed by atoms with Crippen LogP contribution < -0.4 is 0 Å². The van der Waals surface area contributed by atoms with Crippen LogP contribution in [0.2, 0.25) is 0 Å². The van der Waals surface area contributed by atoms with Crippen molar-refractivity contribution in [3.05, 3.63) is 24.0 Å². The van der Waals surface area contributed by atoms with E-state index in [1.165, 1.54) is 17.0 Å². The molecule has 0 aromatic carbocycles. The Morgan fingerprint density at radius 1 is 1.41 bits per heavy atom. The molecule has 0 aliphatic carbocycles. The van der Waals surface area contributed by atoms with Gasteiger partial charge in [0.1, 0.15) is 0 Å². The monoisotopic (exact) mass is 244 g/mol. The highest BCUT2D eigenvalue weighted by molar-refractivity contribution is 6.00. The molecule has 0 bridgehead atoms. The van der Waals surface area contributed by atoms with Gasteiger partial charge in [-0.25, -0.2) is 0 Å². The zero-order valence-electron chi connectivity index (χ0n) is 9.00. The summed E-state index contributed by atoms with van der Waals surface area (Å²) in [7, 11) is 0. The smallest absolute Gasteiger partial charge is 0.354 e. The third kappa shape index (κ3) is 3.94. The normalized spacial score (nSPS) is 11.2. The van der Waals surface area contributed by atoms with Crippen LogP contribution in [0, 0.1) is 11.3 Å². The average molecular weight is 244 g/mol. The van der Waals surface area contributed by atoms with Crippen molar-refractivity contribution in [1.29, 1.82) is 5.26 Å². The number of aryl methyl sites for hydroxylation is 1. The van der Waals surface area contributed by atoms with Crippen LogP contribution in [-0.2, 0) is 6.54 Å². The van der Waals surface area contributed by atoms with Gasteiger partial charge < -0.3 is 4.57 Å². The minimum absolute atomic E-state index is 0.349. The van der Waals surface area contributed by atoms with E-state index in [9.17, 15) is 18.0 Å². The van der Waals surface area contributed by atoms with Crippen LogP contribution in [0.25, 0.3) is 0 Å². The average Bonchev–Trinajstić information content (AvgIpc) is 2.70. The van der Waals surface area contributed by atoms with Crippen molar-refractivity contribution in [2.45, 2.75) is 32.0 Å². The quantitative estimate of drug-likeness (QED) is 0.590. The number of aromatic nitrogens is 1. The summed E-state index contributed by atoms with van der Waals surface area (Å²) in [4.78, 5) is 10.9. The Morgan fingerprint density at radius 3 is 2.71 bits per heavy atom. The van der Waals surface area contributed by atoms with Gasteiger partial charge in [-0.3, -0.25) is 4.79 Å². The fourth-order valence-corrected chi connectivity index (χ4v) is 1.38. The minimum atomic E-state index is -4.83. The number of rotatable bonds is 5. The van der Waals surface area contributed by atoms with E-state index < -0.39 is 12.0 Å². The molecule has 1 aromatic rings. The second-order valence-electron chi connectivity index (χ2n) is 3.58. The molecule has 0 radical (unpaired) electrons. The van der Waals surface area contributed by atoms with E-state index in [1.54, 1.807) is 0 Å². The van der Waals surface area contributed by atoms with Crippen LogP contribution in [0.15, 0.2) is 18.5 Å². The Labute approximate surface area is 96.5 Å². The molecular formula is C11H11F3N2O. The molecule has 0 aliphatic rings. The number of nitrogens with zero attached hydrogens (tertiary/aromatic N) is 2. The molecule has 0 aliphatic heterocycles. The molecule has 1 heterocycles. The van der Waals surface area contributed by atoms with E-state index in [4.69, 9.17) is 5.26 Å². The van der Waals surface area contributed by atoms with Gasteiger partial charge in [-0.15, -0.1) is 0 Å². The van der Waals surface area contributed by atoms with Gasteiger partial charge in [0.05, 0.1) is 6.07 Å². The summed E-state index contributed by atoms with van der Waals surface area (Å²) in [5.41, 5.74) is -0.349. The molecule has 6 heteroatoms. The third-order valence-electron chi connectivity index (χ3n) is 2.23. The highest BCUT2D eigenvalue weighted by atomic mass is 19.4. The van der Waals surface area contributed by atoms with Crippen molar-refractivity contribution in [2.24, 2.45) is 0 Å². The summed E-state index contributed by atoms with van der Waals surface area (Å²) in [6, 6.07) is 3.14. The molecule has 0 N–H and O–H groups in total. The zero-order chi connectivity index (χ0) is 12.9. The SMILES string of the molecule is N#CCCCCn1ccc(C(=O)C(F)(F)F)c1. The Kier molecular flexibility index (Phi) is 4.32. The topological polar surface area (TPSA) is 45.8 Å². The summed E-state index contributed by atoms with van der Waals surface area (Å²) in [5, 5.41) is 8.30. The first-order valence-electron chi connectivity index (χ1n) is 5.09. The summed E-state index contributed by atoms with van der Waals surface area (Å²) in [5.74, 6) is -1.83. The van der Waals surface area contributed by atoms with Gasteiger partial charge in [-0.1, -0.05) is 0 Å². The molecule has 0 amide bonds. The number of carbonyl (C=O) groups is 1. The Bertz CT molecular complexity index is 429. The maximum Gasteiger partial charge on any atom is 0.454 e. The number of Topliss-reactive ketones (excluding diaryl/α,β-unsaturated/α-hetero) is 1. The number of halogens is 3. The zero-order valence-corrected chi connectivity index (χ0v) is 9.00. The summed E-state index contributed by atoms with van der Waals surface area (Å²) in [6.45, 7) is 0.507. The first-order chi connectivity index (χ1) is 7.95. The van der Waals surface area contributed by atoms with E-state index in [-0.39, 0.29) is 5.56 Å². The second-order valence-corrected chi connectivity index (χ2v) is 3.58.